The van der Waals surface area contributed by atoms with E-state index in [9.17, 15) is 4.79 Å². The number of nitrogens with zero attached hydrogens (tertiary/aromatic N) is 1. The van der Waals surface area contributed by atoms with E-state index in [0.717, 1.165) is 37.2 Å². The number of thiophene rings is 1. The monoisotopic (exact) mass is 210 g/mol. The van der Waals surface area contributed by atoms with E-state index in [1.165, 1.54) is 16.9 Å². The van der Waals surface area contributed by atoms with Crippen molar-refractivity contribution in [1.82, 2.24) is 4.90 Å². The quantitative estimate of drug-likeness (QED) is 0.760. The van der Waals surface area contributed by atoms with Crippen LogP contribution in [0.2, 0.25) is 0 Å². The summed E-state index contributed by atoms with van der Waals surface area (Å²) in [5.74, 6) is 0. The number of aldehydes is 1. The van der Waals surface area contributed by atoms with Crippen molar-refractivity contribution >= 4 is 17.6 Å². The summed E-state index contributed by atoms with van der Waals surface area (Å²) >= 11 is 1.51. The summed E-state index contributed by atoms with van der Waals surface area (Å²) in [7, 11) is 0. The second-order valence-electron chi connectivity index (χ2n) is 3.76. The maximum Gasteiger partial charge on any atom is 0.160 e. The number of likely N-dealkylation sites (tertiary alicyclic amines) is 1. The van der Waals surface area contributed by atoms with Gasteiger partial charge in [-0.25, -0.2) is 0 Å². The van der Waals surface area contributed by atoms with Gasteiger partial charge in [0.05, 0.1) is 4.88 Å². The van der Waals surface area contributed by atoms with E-state index in [4.69, 9.17) is 5.73 Å². The van der Waals surface area contributed by atoms with Gasteiger partial charge in [-0.1, -0.05) is 0 Å². The molecule has 4 heteroatoms. The maximum atomic E-state index is 10.5. The Labute approximate surface area is 87.5 Å². The summed E-state index contributed by atoms with van der Waals surface area (Å²) in [5.41, 5.74) is 7.04. The van der Waals surface area contributed by atoms with Gasteiger partial charge in [-0.2, -0.15) is 0 Å². The zero-order valence-electron chi connectivity index (χ0n) is 7.98. The van der Waals surface area contributed by atoms with Crippen LogP contribution in [0, 0.1) is 0 Å². The molecule has 0 aromatic carbocycles. The summed E-state index contributed by atoms with van der Waals surface area (Å²) in [6.45, 7) is 2.98. The first-order chi connectivity index (χ1) is 6.78. The Kier molecular flexibility index (Phi) is 2.96. The van der Waals surface area contributed by atoms with Gasteiger partial charge in [0.1, 0.15) is 0 Å². The Morgan fingerprint density at radius 1 is 1.71 bits per heavy atom. The van der Waals surface area contributed by atoms with Crippen LogP contribution in [0.1, 0.15) is 21.7 Å². The van der Waals surface area contributed by atoms with Gasteiger partial charge in [0.25, 0.3) is 0 Å². The predicted octanol–water partition coefficient (Wildman–Crippen LogP) is 1.09. The topological polar surface area (TPSA) is 46.3 Å². The molecule has 0 saturated carbocycles. The van der Waals surface area contributed by atoms with E-state index >= 15 is 0 Å². The number of carbonyl (C=O) groups is 1. The number of hydrogen-bond donors (Lipinski definition) is 1. The van der Waals surface area contributed by atoms with E-state index in [0.29, 0.717) is 6.04 Å². The fourth-order valence-electron chi connectivity index (χ4n) is 1.80. The molecule has 0 aliphatic carbocycles. The third-order valence-corrected chi connectivity index (χ3v) is 3.41. The fraction of sp³-hybridized carbons (Fsp3) is 0.500. The van der Waals surface area contributed by atoms with Gasteiger partial charge in [-0.05, 0) is 23.4 Å². The van der Waals surface area contributed by atoms with Gasteiger partial charge in [0.15, 0.2) is 6.29 Å². The molecule has 0 bridgehead atoms. The first kappa shape index (κ1) is 9.83. The molecular formula is C10H14N2OS. The van der Waals surface area contributed by atoms with Crippen molar-refractivity contribution in [3.63, 3.8) is 0 Å². The molecule has 0 spiro atoms. The van der Waals surface area contributed by atoms with E-state index in [2.05, 4.69) is 4.90 Å². The first-order valence-corrected chi connectivity index (χ1v) is 5.66. The molecule has 1 aromatic heterocycles. The minimum Gasteiger partial charge on any atom is -0.326 e. The van der Waals surface area contributed by atoms with Crippen LogP contribution < -0.4 is 5.73 Å². The molecule has 2 N–H and O–H groups in total. The second-order valence-corrected chi connectivity index (χ2v) is 4.70. The molecule has 2 heterocycles. The predicted molar refractivity (Wildman–Crippen MR) is 57.6 cm³/mol. The lowest BCUT2D eigenvalue weighted by atomic mass is 10.3. The van der Waals surface area contributed by atoms with Gasteiger partial charge in [0, 0.05) is 25.7 Å². The van der Waals surface area contributed by atoms with E-state index in [1.54, 1.807) is 0 Å². The van der Waals surface area contributed by atoms with Crippen molar-refractivity contribution in [2.45, 2.75) is 19.0 Å². The van der Waals surface area contributed by atoms with Crippen LogP contribution in [0.15, 0.2) is 11.4 Å². The van der Waals surface area contributed by atoms with Gasteiger partial charge in [-0.15, -0.1) is 11.3 Å². The number of rotatable bonds is 3. The standard InChI is InChI=1S/C10H14N2OS/c11-9-1-2-12(5-9)4-8-3-10(6-13)14-7-8/h3,6-7,9H,1-2,4-5,11H2. The molecule has 2 rings (SSSR count). The van der Waals surface area contributed by atoms with Gasteiger partial charge >= 0.3 is 0 Å². The largest absolute Gasteiger partial charge is 0.326 e. The fourth-order valence-corrected chi connectivity index (χ4v) is 2.51. The van der Waals surface area contributed by atoms with Crippen LogP contribution in [0.3, 0.4) is 0 Å². The van der Waals surface area contributed by atoms with E-state index in [1.807, 2.05) is 11.4 Å². The van der Waals surface area contributed by atoms with Gasteiger partial charge < -0.3 is 5.73 Å². The number of nitrogens with two attached hydrogens (primary N) is 1. The number of hydrogen-bond acceptors (Lipinski definition) is 4. The normalized spacial score (nSPS) is 22.8. The third kappa shape index (κ3) is 2.20. The zero-order chi connectivity index (χ0) is 9.97. The summed E-state index contributed by atoms with van der Waals surface area (Å²) < 4.78 is 0. The molecule has 1 atom stereocenters. The van der Waals surface area contributed by atoms with Gasteiger partial charge in [-0.3, -0.25) is 9.69 Å². The molecule has 0 radical (unpaired) electrons. The highest BCUT2D eigenvalue weighted by Gasteiger charge is 2.18. The van der Waals surface area contributed by atoms with Crippen molar-refractivity contribution in [1.29, 1.82) is 0 Å². The Bertz CT molecular complexity index is 324. The first-order valence-electron chi connectivity index (χ1n) is 4.78. The molecular weight excluding hydrogens is 196 g/mol. The van der Waals surface area contributed by atoms with Crippen molar-refractivity contribution in [2.24, 2.45) is 5.73 Å². The summed E-state index contributed by atoms with van der Waals surface area (Å²) in [6, 6.07) is 2.29. The van der Waals surface area contributed by atoms with Crippen LogP contribution in [0.4, 0.5) is 0 Å². The minimum absolute atomic E-state index is 0.333. The summed E-state index contributed by atoms with van der Waals surface area (Å²) in [5, 5.41) is 2.05. The van der Waals surface area contributed by atoms with E-state index in [-0.39, 0.29) is 0 Å². The SMILES string of the molecule is NC1CCN(Cc2csc(C=O)c2)C1. The third-order valence-electron chi connectivity index (χ3n) is 2.51. The second kappa shape index (κ2) is 4.21. The van der Waals surface area contributed by atoms with Crippen LogP contribution in [0.5, 0.6) is 0 Å². The van der Waals surface area contributed by atoms with Crippen molar-refractivity contribution < 1.29 is 4.79 Å². The Balaban J connectivity index is 1.93. The molecule has 1 fully saturated rings. The van der Waals surface area contributed by atoms with Crippen molar-refractivity contribution in [3.05, 3.63) is 21.9 Å². The molecule has 1 unspecified atom stereocenters. The highest BCUT2D eigenvalue weighted by Crippen LogP contribution is 2.17. The molecule has 1 saturated heterocycles. The molecule has 76 valence electrons. The van der Waals surface area contributed by atoms with Crippen LogP contribution >= 0.6 is 11.3 Å². The van der Waals surface area contributed by atoms with Crippen molar-refractivity contribution in [3.8, 4) is 0 Å². The average molecular weight is 210 g/mol. The van der Waals surface area contributed by atoms with Crippen molar-refractivity contribution in [2.75, 3.05) is 13.1 Å². The highest BCUT2D eigenvalue weighted by molar-refractivity contribution is 7.11. The number of carbonyl (C=O) groups excluding carboxylic acids is 1. The Morgan fingerprint density at radius 3 is 3.14 bits per heavy atom. The van der Waals surface area contributed by atoms with Crippen LogP contribution in [-0.2, 0) is 6.54 Å². The molecule has 1 aliphatic heterocycles. The zero-order valence-corrected chi connectivity index (χ0v) is 8.80. The Hall–Kier alpha value is -0.710. The van der Waals surface area contributed by atoms with E-state index < -0.39 is 0 Å². The molecule has 14 heavy (non-hydrogen) atoms. The summed E-state index contributed by atoms with van der Waals surface area (Å²) in [6.07, 6.45) is 1.99. The van der Waals surface area contributed by atoms with Crippen LogP contribution in [0.25, 0.3) is 0 Å². The maximum absolute atomic E-state index is 10.5. The lowest BCUT2D eigenvalue weighted by Crippen LogP contribution is -2.26. The molecule has 1 aliphatic rings. The molecule has 0 amide bonds. The summed E-state index contributed by atoms with van der Waals surface area (Å²) in [4.78, 5) is 13.6. The van der Waals surface area contributed by atoms with Crippen LogP contribution in [-0.4, -0.2) is 30.3 Å². The lowest BCUT2D eigenvalue weighted by Gasteiger charge is -2.13. The molecule has 1 aromatic rings. The smallest absolute Gasteiger partial charge is 0.160 e. The lowest BCUT2D eigenvalue weighted by molar-refractivity contribution is 0.112. The molecule has 3 nitrogen and oxygen atoms in total. The average Bonchev–Trinajstić information content (AvgIpc) is 2.76. The minimum atomic E-state index is 0.333. The Morgan fingerprint density at radius 2 is 2.57 bits per heavy atom. The van der Waals surface area contributed by atoms with Gasteiger partial charge in [0.2, 0.25) is 0 Å². The highest BCUT2D eigenvalue weighted by atomic mass is 32.1.